The maximum Gasteiger partial charge on any atom is 0.472 e. The van der Waals surface area contributed by atoms with Crippen LogP contribution in [0.5, 0.6) is 0 Å². The molecule has 0 heterocycles. The molecule has 0 radical (unpaired) electrons. The van der Waals surface area contributed by atoms with Crippen LogP contribution in [0.3, 0.4) is 0 Å². The predicted molar refractivity (Wildman–Crippen MR) is 345 cm³/mol. The molecule has 0 aliphatic heterocycles. The number of aliphatic hydroxyl groups excluding tert-OH is 1. The molecule has 0 fully saturated rings. The summed E-state index contributed by atoms with van der Waals surface area (Å²) in [6.45, 7) is 4.69. The number of likely N-dealkylation sites (N-methyl/N-ethyl adjacent to an activating group) is 1. The number of unbranched alkanes of at least 4 members (excludes halogenated alkanes) is 30. The van der Waals surface area contributed by atoms with E-state index in [2.05, 4.69) is 116 Å². The van der Waals surface area contributed by atoms with Gasteiger partial charge in [-0.25, -0.2) is 4.57 Å². The van der Waals surface area contributed by atoms with Gasteiger partial charge >= 0.3 is 7.82 Å². The second-order valence-corrected chi connectivity index (χ2v) is 24.5. The standard InChI is InChI=1S/C70H125N2O6P/c1-6-8-10-12-14-16-18-20-22-24-26-28-30-32-33-34-35-36-37-38-39-40-42-44-46-48-50-52-54-56-58-60-62-64-70(74)71-68(67-78-79(75,76)77-66-65-72(3,4)5)69(73)63-61-59-57-55-53-51-49-47-45-43-41-31-29-27-25-23-21-19-17-15-13-11-9-7-2/h8,10,14,16,20,22,26,28,32-33,35-36,45,47,53,55,61,63,68-69,73H,6-7,9,11-13,15,17-19,21,23-25,27,29-31,34,37-44,46,48-52,54,56-60,62,64-67H2,1-5H3,(H-,71,74,75,76)/p+1/b10-8-,16-14-,22-20-,28-26-,33-32-,36-35-,47-45+,55-53+,63-61+. The summed E-state index contributed by atoms with van der Waals surface area (Å²) in [5.41, 5.74) is 0. The smallest absolute Gasteiger partial charge is 0.387 e. The fourth-order valence-electron chi connectivity index (χ4n) is 9.14. The van der Waals surface area contributed by atoms with Crippen molar-refractivity contribution in [2.75, 3.05) is 40.9 Å². The average molecular weight is 1120 g/mol. The van der Waals surface area contributed by atoms with Crippen molar-refractivity contribution in [2.45, 2.75) is 289 Å². The lowest BCUT2D eigenvalue weighted by Gasteiger charge is -2.25. The van der Waals surface area contributed by atoms with Gasteiger partial charge in [0.2, 0.25) is 5.91 Å². The number of allylic oxidation sites excluding steroid dienone is 17. The molecule has 0 aromatic heterocycles. The summed E-state index contributed by atoms with van der Waals surface area (Å²) in [7, 11) is 1.54. The van der Waals surface area contributed by atoms with E-state index in [0.717, 1.165) is 83.5 Å². The Morgan fingerprint density at radius 2 is 0.772 bits per heavy atom. The topological polar surface area (TPSA) is 105 Å². The quantitative estimate of drug-likeness (QED) is 0.0243. The SMILES string of the molecule is CC/C=C\C/C=C\C/C=C\C/C=C\C/C=C\C/C=C\CCCCCCCCCCCCCCCCC(=O)NC(COP(=O)(O)OCC[N+](C)(C)C)C(O)/C=C/CC/C=C/CC/C=C/CCCCCCCCCCCCCCCC. The normalized spacial score (nSPS) is 14.5. The van der Waals surface area contributed by atoms with Crippen molar-refractivity contribution < 1.29 is 32.9 Å². The lowest BCUT2D eigenvalue weighted by atomic mass is 10.0. The van der Waals surface area contributed by atoms with Crippen LogP contribution in [0.1, 0.15) is 277 Å². The molecule has 1 amide bonds. The molecule has 0 aliphatic rings. The highest BCUT2D eigenvalue weighted by molar-refractivity contribution is 7.47. The first-order valence-corrected chi connectivity index (χ1v) is 34.3. The highest BCUT2D eigenvalue weighted by Crippen LogP contribution is 2.43. The molecule has 0 bridgehead atoms. The minimum absolute atomic E-state index is 0.0494. The zero-order valence-electron chi connectivity index (χ0n) is 52.1. The molecule has 9 heteroatoms. The summed E-state index contributed by atoms with van der Waals surface area (Å²) in [4.78, 5) is 23.4. The maximum atomic E-state index is 13.0. The van der Waals surface area contributed by atoms with Crippen molar-refractivity contribution >= 4 is 13.7 Å². The van der Waals surface area contributed by atoms with E-state index in [4.69, 9.17) is 9.05 Å². The number of phosphoric acid groups is 1. The summed E-state index contributed by atoms with van der Waals surface area (Å²) >= 11 is 0. The number of aliphatic hydroxyl groups is 1. The second-order valence-electron chi connectivity index (χ2n) is 23.1. The second kappa shape index (κ2) is 59.8. The summed E-state index contributed by atoms with van der Waals surface area (Å²) in [6, 6.07) is -0.878. The van der Waals surface area contributed by atoms with Crippen molar-refractivity contribution in [3.63, 3.8) is 0 Å². The summed E-state index contributed by atoms with van der Waals surface area (Å²) in [6.07, 6.45) is 87.9. The predicted octanol–water partition coefficient (Wildman–Crippen LogP) is 20.7. The van der Waals surface area contributed by atoms with Crippen molar-refractivity contribution in [1.29, 1.82) is 0 Å². The molecular weight excluding hydrogens is 996 g/mol. The fraction of sp³-hybridized carbons (Fsp3) is 0.729. The number of rotatable bonds is 59. The third-order valence-corrected chi connectivity index (χ3v) is 15.2. The van der Waals surface area contributed by atoms with Crippen molar-refractivity contribution in [3.05, 3.63) is 109 Å². The third kappa shape index (κ3) is 62.6. The van der Waals surface area contributed by atoms with Crippen molar-refractivity contribution in [1.82, 2.24) is 5.32 Å². The van der Waals surface area contributed by atoms with Gasteiger partial charge in [0, 0.05) is 6.42 Å². The van der Waals surface area contributed by atoms with E-state index in [1.807, 2.05) is 27.2 Å². The van der Waals surface area contributed by atoms with Gasteiger partial charge in [0.1, 0.15) is 13.2 Å². The van der Waals surface area contributed by atoms with Gasteiger partial charge in [-0.15, -0.1) is 0 Å². The van der Waals surface area contributed by atoms with Gasteiger partial charge in [0.05, 0.1) is 39.9 Å². The molecule has 0 aromatic carbocycles. The highest BCUT2D eigenvalue weighted by atomic mass is 31.2. The minimum Gasteiger partial charge on any atom is -0.387 e. The molecule has 0 saturated heterocycles. The Morgan fingerprint density at radius 1 is 0.443 bits per heavy atom. The third-order valence-electron chi connectivity index (χ3n) is 14.2. The van der Waals surface area contributed by atoms with Crippen molar-refractivity contribution in [2.24, 2.45) is 0 Å². The summed E-state index contributed by atoms with van der Waals surface area (Å²) in [5.74, 6) is -0.193. The maximum absolute atomic E-state index is 13.0. The van der Waals surface area contributed by atoms with Crippen LogP contribution in [0.2, 0.25) is 0 Å². The van der Waals surface area contributed by atoms with Crippen LogP contribution < -0.4 is 5.32 Å². The first kappa shape index (κ1) is 76.2. The van der Waals surface area contributed by atoms with E-state index in [0.29, 0.717) is 17.4 Å². The van der Waals surface area contributed by atoms with E-state index in [1.165, 1.54) is 173 Å². The van der Waals surface area contributed by atoms with E-state index < -0.39 is 20.0 Å². The van der Waals surface area contributed by atoms with E-state index in [-0.39, 0.29) is 19.1 Å². The number of amides is 1. The Hall–Kier alpha value is -2.84. The molecule has 456 valence electrons. The molecule has 0 saturated carbocycles. The van der Waals surface area contributed by atoms with Crippen LogP contribution >= 0.6 is 7.82 Å². The molecule has 0 spiro atoms. The molecule has 8 nitrogen and oxygen atoms in total. The van der Waals surface area contributed by atoms with Crippen LogP contribution in [0.25, 0.3) is 0 Å². The van der Waals surface area contributed by atoms with Crippen LogP contribution in [0, 0.1) is 0 Å². The number of nitrogens with zero attached hydrogens (tertiary/aromatic N) is 1. The lowest BCUT2D eigenvalue weighted by Crippen LogP contribution is -2.45. The Morgan fingerprint density at radius 3 is 1.16 bits per heavy atom. The molecular formula is C70H126N2O6P+. The minimum atomic E-state index is -4.37. The van der Waals surface area contributed by atoms with Crippen LogP contribution in [0.4, 0.5) is 0 Å². The largest absolute Gasteiger partial charge is 0.472 e. The lowest BCUT2D eigenvalue weighted by molar-refractivity contribution is -0.870. The number of quaternary nitrogens is 1. The Balaban J connectivity index is 4.18. The van der Waals surface area contributed by atoms with Crippen LogP contribution in [-0.4, -0.2) is 73.4 Å². The van der Waals surface area contributed by atoms with Gasteiger partial charge in [0.25, 0.3) is 0 Å². The van der Waals surface area contributed by atoms with Gasteiger partial charge in [-0.2, -0.15) is 0 Å². The Bertz CT molecular complexity index is 1650. The number of phosphoric ester groups is 1. The Kier molecular flexibility index (Phi) is 57.6. The number of hydrogen-bond acceptors (Lipinski definition) is 5. The monoisotopic (exact) mass is 1120 g/mol. The zero-order chi connectivity index (χ0) is 57.7. The van der Waals surface area contributed by atoms with Gasteiger partial charge in [-0.1, -0.05) is 284 Å². The molecule has 3 unspecified atom stereocenters. The summed E-state index contributed by atoms with van der Waals surface area (Å²) < 4.78 is 23.8. The van der Waals surface area contributed by atoms with Gasteiger partial charge < -0.3 is 19.8 Å². The molecule has 0 aromatic rings. The van der Waals surface area contributed by atoms with Gasteiger partial charge in [-0.05, 0) is 96.3 Å². The number of hydrogen-bond donors (Lipinski definition) is 3. The van der Waals surface area contributed by atoms with Crippen molar-refractivity contribution in [3.8, 4) is 0 Å². The highest BCUT2D eigenvalue weighted by Gasteiger charge is 2.27. The van der Waals surface area contributed by atoms with E-state index >= 15 is 0 Å². The van der Waals surface area contributed by atoms with Gasteiger partial charge in [0.15, 0.2) is 0 Å². The number of carbonyl (C=O) groups is 1. The molecule has 3 atom stereocenters. The molecule has 79 heavy (non-hydrogen) atoms. The number of nitrogens with one attached hydrogen (secondary N) is 1. The first-order chi connectivity index (χ1) is 38.5. The average Bonchev–Trinajstić information content (AvgIpc) is 3.42. The molecule has 3 N–H and O–H groups in total. The Labute approximate surface area is 489 Å². The molecule has 0 aliphatic carbocycles. The number of carbonyl (C=O) groups excluding carboxylic acids is 1. The first-order valence-electron chi connectivity index (χ1n) is 32.8. The van der Waals surface area contributed by atoms with Crippen LogP contribution in [0.15, 0.2) is 109 Å². The van der Waals surface area contributed by atoms with Gasteiger partial charge in [-0.3, -0.25) is 13.8 Å². The summed E-state index contributed by atoms with van der Waals surface area (Å²) in [5, 5.41) is 14.0. The fourth-order valence-corrected chi connectivity index (χ4v) is 9.87. The van der Waals surface area contributed by atoms with E-state index in [9.17, 15) is 19.4 Å². The van der Waals surface area contributed by atoms with Crippen LogP contribution in [-0.2, 0) is 18.4 Å². The van der Waals surface area contributed by atoms with E-state index in [1.54, 1.807) is 6.08 Å². The zero-order valence-corrected chi connectivity index (χ0v) is 53.0. The molecule has 0 rings (SSSR count).